The first-order chi connectivity index (χ1) is 11.0. The van der Waals surface area contributed by atoms with Gasteiger partial charge in [0.2, 0.25) is 5.91 Å². The molecular formula is C17H22BrNO3S. The highest BCUT2D eigenvalue weighted by Crippen LogP contribution is 2.27. The Bertz CT molecular complexity index is 549. The van der Waals surface area contributed by atoms with E-state index in [0.717, 1.165) is 28.8 Å². The van der Waals surface area contributed by atoms with E-state index in [4.69, 9.17) is 4.74 Å². The minimum absolute atomic E-state index is 0.0897. The van der Waals surface area contributed by atoms with Crippen LogP contribution in [0.15, 0.2) is 33.6 Å². The lowest BCUT2D eigenvalue weighted by Crippen LogP contribution is -2.45. The molecule has 6 heteroatoms. The molecule has 1 aromatic carbocycles. The summed E-state index contributed by atoms with van der Waals surface area (Å²) < 4.78 is 6.11. The highest BCUT2D eigenvalue weighted by atomic mass is 79.9. The summed E-state index contributed by atoms with van der Waals surface area (Å²) in [6.07, 6.45) is 1.65. The highest BCUT2D eigenvalue weighted by Gasteiger charge is 2.31. The molecule has 1 aliphatic rings. The van der Waals surface area contributed by atoms with E-state index >= 15 is 0 Å². The van der Waals surface area contributed by atoms with Crippen molar-refractivity contribution in [3.8, 4) is 0 Å². The predicted molar refractivity (Wildman–Crippen MR) is 95.4 cm³/mol. The van der Waals surface area contributed by atoms with Crippen LogP contribution in [0.2, 0.25) is 0 Å². The van der Waals surface area contributed by atoms with Crippen molar-refractivity contribution in [2.45, 2.75) is 36.8 Å². The number of halogens is 1. The third-order valence-electron chi connectivity index (χ3n) is 3.83. The molecule has 2 unspecified atom stereocenters. The molecule has 4 nitrogen and oxygen atoms in total. The van der Waals surface area contributed by atoms with Gasteiger partial charge in [-0.2, -0.15) is 0 Å². The van der Waals surface area contributed by atoms with Crippen LogP contribution in [0.4, 0.5) is 0 Å². The summed E-state index contributed by atoms with van der Waals surface area (Å²) >= 11 is 4.95. The van der Waals surface area contributed by atoms with Crippen LogP contribution >= 0.6 is 27.7 Å². The fourth-order valence-corrected chi connectivity index (χ4v) is 3.87. The van der Waals surface area contributed by atoms with Crippen LogP contribution in [0.3, 0.4) is 0 Å². The molecule has 1 fully saturated rings. The van der Waals surface area contributed by atoms with Crippen molar-refractivity contribution < 1.29 is 14.3 Å². The molecule has 0 saturated carbocycles. The largest absolute Gasteiger partial charge is 0.466 e. The number of ether oxygens (including phenoxy) is 1. The van der Waals surface area contributed by atoms with Crippen molar-refractivity contribution >= 4 is 39.6 Å². The van der Waals surface area contributed by atoms with Crippen LogP contribution in [-0.2, 0) is 14.3 Å². The number of esters is 1. The van der Waals surface area contributed by atoms with E-state index in [2.05, 4.69) is 15.9 Å². The molecule has 0 aromatic heterocycles. The maximum Gasteiger partial charge on any atom is 0.310 e. The van der Waals surface area contributed by atoms with Crippen molar-refractivity contribution in [2.75, 3.05) is 19.7 Å². The number of hydrogen-bond donors (Lipinski definition) is 0. The number of benzene rings is 1. The van der Waals surface area contributed by atoms with Crippen molar-refractivity contribution in [2.24, 2.45) is 5.92 Å². The molecule has 0 bridgehead atoms. The Hall–Kier alpha value is -1.01. The van der Waals surface area contributed by atoms with Gasteiger partial charge >= 0.3 is 5.97 Å². The van der Waals surface area contributed by atoms with Gasteiger partial charge in [0.1, 0.15) is 0 Å². The van der Waals surface area contributed by atoms with Crippen molar-refractivity contribution in [1.82, 2.24) is 4.90 Å². The summed E-state index contributed by atoms with van der Waals surface area (Å²) in [6.45, 7) is 5.31. The molecule has 1 aromatic rings. The topological polar surface area (TPSA) is 46.6 Å². The summed E-state index contributed by atoms with van der Waals surface area (Å²) in [4.78, 5) is 27.4. The molecule has 126 valence electrons. The van der Waals surface area contributed by atoms with Gasteiger partial charge in [-0.05, 0) is 51.0 Å². The molecule has 2 atom stereocenters. The maximum atomic E-state index is 12.6. The Labute approximate surface area is 150 Å². The van der Waals surface area contributed by atoms with Gasteiger partial charge in [-0.25, -0.2) is 0 Å². The van der Waals surface area contributed by atoms with E-state index in [-0.39, 0.29) is 23.0 Å². The standard InChI is InChI=1S/C17H22BrNO3S/c1-3-22-17(21)13-5-4-10-19(11-13)16(20)12(2)23-15-8-6-14(18)7-9-15/h6-9,12-13H,3-5,10-11H2,1-2H3. The molecule has 1 amide bonds. The Kier molecular flexibility index (Phi) is 6.96. The fourth-order valence-electron chi connectivity index (χ4n) is 2.65. The Morgan fingerprint density at radius 3 is 2.74 bits per heavy atom. The third-order valence-corrected chi connectivity index (χ3v) is 5.46. The molecule has 0 radical (unpaired) electrons. The van der Waals surface area contributed by atoms with E-state index in [9.17, 15) is 9.59 Å². The van der Waals surface area contributed by atoms with Crippen molar-refractivity contribution in [3.63, 3.8) is 0 Å². The summed E-state index contributed by atoms with van der Waals surface area (Å²) in [5.41, 5.74) is 0. The summed E-state index contributed by atoms with van der Waals surface area (Å²) in [6, 6.07) is 7.93. The molecule has 0 spiro atoms. The zero-order valence-corrected chi connectivity index (χ0v) is 15.9. The molecule has 23 heavy (non-hydrogen) atoms. The Balaban J connectivity index is 1.93. The van der Waals surface area contributed by atoms with Gasteiger partial charge in [0.05, 0.1) is 17.8 Å². The van der Waals surface area contributed by atoms with Gasteiger partial charge in [0.15, 0.2) is 0 Å². The molecule has 0 aliphatic carbocycles. The lowest BCUT2D eigenvalue weighted by molar-refractivity contribution is -0.151. The van der Waals surface area contributed by atoms with Crippen molar-refractivity contribution in [3.05, 3.63) is 28.7 Å². The summed E-state index contributed by atoms with van der Waals surface area (Å²) in [7, 11) is 0. The average molecular weight is 400 g/mol. The van der Waals surface area contributed by atoms with Crippen LogP contribution in [0.5, 0.6) is 0 Å². The lowest BCUT2D eigenvalue weighted by Gasteiger charge is -2.33. The van der Waals surface area contributed by atoms with Gasteiger partial charge in [-0.15, -0.1) is 11.8 Å². The molecule has 2 rings (SSSR count). The highest BCUT2D eigenvalue weighted by molar-refractivity contribution is 9.10. The molecule has 1 aliphatic heterocycles. The minimum Gasteiger partial charge on any atom is -0.466 e. The number of hydrogen-bond acceptors (Lipinski definition) is 4. The zero-order chi connectivity index (χ0) is 16.8. The second kappa shape index (κ2) is 8.73. The Morgan fingerprint density at radius 1 is 1.39 bits per heavy atom. The maximum absolute atomic E-state index is 12.6. The smallest absolute Gasteiger partial charge is 0.310 e. The normalized spacial score (nSPS) is 19.3. The van der Waals surface area contributed by atoms with Crippen molar-refractivity contribution in [1.29, 1.82) is 0 Å². The SMILES string of the molecule is CCOC(=O)C1CCCN(C(=O)C(C)Sc2ccc(Br)cc2)C1. The number of carbonyl (C=O) groups excluding carboxylic acids is 2. The number of thioether (sulfide) groups is 1. The number of nitrogens with zero attached hydrogens (tertiary/aromatic N) is 1. The molecule has 0 N–H and O–H groups in total. The van der Waals surface area contributed by atoms with E-state index < -0.39 is 0 Å². The zero-order valence-electron chi connectivity index (χ0n) is 13.5. The van der Waals surface area contributed by atoms with Gasteiger partial charge in [0, 0.05) is 22.5 Å². The van der Waals surface area contributed by atoms with Gasteiger partial charge in [-0.1, -0.05) is 15.9 Å². The number of likely N-dealkylation sites (tertiary alicyclic amines) is 1. The molecular weight excluding hydrogens is 378 g/mol. The van der Waals surface area contributed by atoms with Gasteiger partial charge < -0.3 is 9.64 Å². The second-order valence-corrected chi connectivity index (χ2v) is 7.92. The van der Waals surface area contributed by atoms with Crippen LogP contribution in [0, 0.1) is 5.92 Å². The van der Waals surface area contributed by atoms with Gasteiger partial charge in [-0.3, -0.25) is 9.59 Å². The van der Waals surface area contributed by atoms with E-state index in [1.54, 1.807) is 18.7 Å². The quantitative estimate of drug-likeness (QED) is 0.558. The lowest BCUT2D eigenvalue weighted by atomic mass is 9.98. The molecule has 1 saturated heterocycles. The van der Waals surface area contributed by atoms with Gasteiger partial charge in [0.25, 0.3) is 0 Å². The first-order valence-corrected chi connectivity index (χ1v) is 9.56. The summed E-state index contributed by atoms with van der Waals surface area (Å²) in [5, 5.41) is -0.169. The molecule has 1 heterocycles. The van der Waals surface area contributed by atoms with E-state index in [1.165, 1.54) is 0 Å². The average Bonchev–Trinajstić information content (AvgIpc) is 2.56. The van der Waals surface area contributed by atoms with Crippen LogP contribution in [-0.4, -0.2) is 41.7 Å². The summed E-state index contributed by atoms with van der Waals surface area (Å²) in [5.74, 6) is -0.275. The number of piperidine rings is 1. The van der Waals surface area contributed by atoms with Crippen LogP contribution in [0.25, 0.3) is 0 Å². The number of amides is 1. The number of carbonyl (C=O) groups is 2. The third kappa shape index (κ3) is 5.24. The first kappa shape index (κ1) is 18.3. The Morgan fingerprint density at radius 2 is 2.09 bits per heavy atom. The number of rotatable bonds is 5. The van der Waals surface area contributed by atoms with Crippen LogP contribution < -0.4 is 0 Å². The van der Waals surface area contributed by atoms with Crippen LogP contribution in [0.1, 0.15) is 26.7 Å². The fraction of sp³-hybridized carbons (Fsp3) is 0.529. The predicted octanol–water partition coefficient (Wildman–Crippen LogP) is 3.73. The first-order valence-electron chi connectivity index (χ1n) is 7.89. The van der Waals surface area contributed by atoms with E-state index in [0.29, 0.717) is 13.2 Å². The van der Waals surface area contributed by atoms with E-state index in [1.807, 2.05) is 36.1 Å². The monoisotopic (exact) mass is 399 g/mol. The minimum atomic E-state index is -0.183. The second-order valence-electron chi connectivity index (χ2n) is 5.59.